The van der Waals surface area contributed by atoms with E-state index in [9.17, 15) is 18.8 Å². The zero-order valence-corrected chi connectivity index (χ0v) is 10.4. The SMILES string of the molecule is N#CC1(CC(=O)N2CCC(F)(F)C2)CCCCC1. The molecule has 0 bridgehead atoms. The van der Waals surface area contributed by atoms with Crippen molar-refractivity contribution in [3.8, 4) is 6.07 Å². The zero-order chi connectivity index (χ0) is 13.2. The maximum atomic E-state index is 13.1. The van der Waals surface area contributed by atoms with Gasteiger partial charge in [0.25, 0.3) is 5.92 Å². The highest BCUT2D eigenvalue weighted by molar-refractivity contribution is 5.77. The van der Waals surface area contributed by atoms with Crippen molar-refractivity contribution in [2.45, 2.75) is 50.9 Å². The predicted molar refractivity (Wildman–Crippen MR) is 61.9 cm³/mol. The minimum atomic E-state index is -2.75. The van der Waals surface area contributed by atoms with E-state index in [0.29, 0.717) is 0 Å². The third-order valence-corrected chi connectivity index (χ3v) is 4.06. The Hall–Kier alpha value is -1.18. The van der Waals surface area contributed by atoms with Gasteiger partial charge in [-0.15, -0.1) is 0 Å². The monoisotopic (exact) mass is 256 g/mol. The number of halogens is 2. The van der Waals surface area contributed by atoms with Crippen LogP contribution in [0.2, 0.25) is 0 Å². The molecule has 5 heteroatoms. The summed E-state index contributed by atoms with van der Waals surface area (Å²) < 4.78 is 26.1. The van der Waals surface area contributed by atoms with Crippen LogP contribution in [0.3, 0.4) is 0 Å². The summed E-state index contributed by atoms with van der Waals surface area (Å²) in [5.74, 6) is -3.03. The summed E-state index contributed by atoms with van der Waals surface area (Å²) >= 11 is 0. The molecule has 1 amide bonds. The molecule has 0 atom stereocenters. The molecule has 0 N–H and O–H groups in total. The van der Waals surface area contributed by atoms with Gasteiger partial charge in [-0.3, -0.25) is 4.79 Å². The lowest BCUT2D eigenvalue weighted by molar-refractivity contribution is -0.133. The van der Waals surface area contributed by atoms with E-state index in [-0.39, 0.29) is 25.3 Å². The van der Waals surface area contributed by atoms with Crippen molar-refractivity contribution in [3.05, 3.63) is 0 Å². The lowest BCUT2D eigenvalue weighted by Gasteiger charge is -2.31. The fourth-order valence-corrected chi connectivity index (χ4v) is 2.91. The first-order valence-electron chi connectivity index (χ1n) is 6.53. The van der Waals surface area contributed by atoms with Gasteiger partial charge in [-0.1, -0.05) is 19.3 Å². The van der Waals surface area contributed by atoms with Gasteiger partial charge in [-0.25, -0.2) is 8.78 Å². The normalized spacial score (nSPS) is 25.7. The van der Waals surface area contributed by atoms with Crippen LogP contribution in [0.15, 0.2) is 0 Å². The molecular formula is C13H18F2N2O. The van der Waals surface area contributed by atoms with Crippen LogP contribution in [0.1, 0.15) is 44.9 Å². The molecule has 0 aromatic carbocycles. The maximum Gasteiger partial charge on any atom is 0.267 e. The fourth-order valence-electron chi connectivity index (χ4n) is 2.91. The summed E-state index contributed by atoms with van der Waals surface area (Å²) in [5, 5.41) is 9.27. The number of carbonyl (C=O) groups excluding carboxylic acids is 1. The number of rotatable bonds is 2. The molecule has 0 aromatic heterocycles. The quantitative estimate of drug-likeness (QED) is 0.762. The average Bonchev–Trinajstić information content (AvgIpc) is 2.71. The highest BCUT2D eigenvalue weighted by atomic mass is 19.3. The molecular weight excluding hydrogens is 238 g/mol. The van der Waals surface area contributed by atoms with Crippen molar-refractivity contribution in [1.82, 2.24) is 4.90 Å². The highest BCUT2D eigenvalue weighted by Crippen LogP contribution is 2.39. The molecule has 3 nitrogen and oxygen atoms in total. The molecule has 1 aliphatic carbocycles. The second kappa shape index (κ2) is 4.83. The van der Waals surface area contributed by atoms with E-state index in [1.807, 2.05) is 0 Å². The number of nitrogens with zero attached hydrogens (tertiary/aromatic N) is 2. The Balaban J connectivity index is 1.96. The molecule has 0 radical (unpaired) electrons. The molecule has 0 unspecified atom stereocenters. The molecule has 18 heavy (non-hydrogen) atoms. The van der Waals surface area contributed by atoms with Crippen LogP contribution in [0, 0.1) is 16.7 Å². The van der Waals surface area contributed by atoms with Crippen LogP contribution in [0.5, 0.6) is 0 Å². The van der Waals surface area contributed by atoms with E-state index in [1.54, 1.807) is 0 Å². The van der Waals surface area contributed by atoms with Gasteiger partial charge in [0.2, 0.25) is 5.91 Å². The Labute approximate surface area is 106 Å². The number of likely N-dealkylation sites (tertiary alicyclic amines) is 1. The summed E-state index contributed by atoms with van der Waals surface area (Å²) in [6, 6.07) is 2.26. The van der Waals surface area contributed by atoms with Crippen molar-refractivity contribution in [1.29, 1.82) is 5.26 Å². The van der Waals surface area contributed by atoms with Crippen molar-refractivity contribution in [2.75, 3.05) is 13.1 Å². The van der Waals surface area contributed by atoms with Crippen LogP contribution < -0.4 is 0 Å². The van der Waals surface area contributed by atoms with Gasteiger partial charge in [0.15, 0.2) is 0 Å². The number of nitriles is 1. The zero-order valence-electron chi connectivity index (χ0n) is 10.4. The molecule has 1 aliphatic heterocycles. The molecule has 2 aliphatic rings. The van der Waals surface area contributed by atoms with Crippen molar-refractivity contribution < 1.29 is 13.6 Å². The molecule has 2 fully saturated rings. The molecule has 1 saturated carbocycles. The number of alkyl halides is 2. The Kier molecular flexibility index (Phi) is 3.56. The number of carbonyl (C=O) groups is 1. The highest BCUT2D eigenvalue weighted by Gasteiger charge is 2.43. The topological polar surface area (TPSA) is 44.1 Å². The Morgan fingerprint density at radius 3 is 2.39 bits per heavy atom. The van der Waals surface area contributed by atoms with Crippen LogP contribution in [-0.4, -0.2) is 29.8 Å². The number of hydrogen-bond acceptors (Lipinski definition) is 2. The smallest absolute Gasteiger partial charge is 0.267 e. The van der Waals surface area contributed by atoms with E-state index in [1.165, 1.54) is 4.90 Å². The fraction of sp³-hybridized carbons (Fsp3) is 0.846. The summed E-state index contributed by atoms with van der Waals surface area (Å²) in [7, 11) is 0. The molecule has 1 saturated heterocycles. The van der Waals surface area contributed by atoms with Gasteiger partial charge < -0.3 is 4.90 Å². The predicted octanol–water partition coefficient (Wildman–Crippen LogP) is 2.72. The van der Waals surface area contributed by atoms with Gasteiger partial charge in [-0.05, 0) is 12.8 Å². The first-order chi connectivity index (χ1) is 8.46. The minimum Gasteiger partial charge on any atom is -0.336 e. The number of amides is 1. The van der Waals surface area contributed by atoms with Crippen molar-refractivity contribution in [3.63, 3.8) is 0 Å². The van der Waals surface area contributed by atoms with Gasteiger partial charge in [0, 0.05) is 19.4 Å². The molecule has 100 valence electrons. The molecule has 1 heterocycles. The summed E-state index contributed by atoms with van der Waals surface area (Å²) in [4.78, 5) is 13.2. The minimum absolute atomic E-state index is 0.111. The number of hydrogen-bond donors (Lipinski definition) is 0. The Morgan fingerprint density at radius 1 is 1.22 bits per heavy atom. The van der Waals surface area contributed by atoms with Crippen LogP contribution in [-0.2, 0) is 4.79 Å². The van der Waals surface area contributed by atoms with Crippen molar-refractivity contribution in [2.24, 2.45) is 5.41 Å². The van der Waals surface area contributed by atoms with Gasteiger partial charge >= 0.3 is 0 Å². The van der Waals surface area contributed by atoms with Gasteiger partial charge in [-0.2, -0.15) is 5.26 Å². The first kappa shape index (κ1) is 13.3. The van der Waals surface area contributed by atoms with E-state index < -0.39 is 17.9 Å². The van der Waals surface area contributed by atoms with Gasteiger partial charge in [0.1, 0.15) is 0 Å². The van der Waals surface area contributed by atoms with Crippen LogP contribution in [0.25, 0.3) is 0 Å². The maximum absolute atomic E-state index is 13.1. The summed E-state index contributed by atoms with van der Waals surface area (Å²) in [6.45, 7) is -0.360. The third kappa shape index (κ3) is 2.80. The van der Waals surface area contributed by atoms with E-state index in [0.717, 1.165) is 32.1 Å². The summed E-state index contributed by atoms with van der Waals surface area (Å²) in [5.41, 5.74) is -0.604. The van der Waals surface area contributed by atoms with Crippen LogP contribution in [0.4, 0.5) is 8.78 Å². The lowest BCUT2D eigenvalue weighted by atomic mass is 9.73. The van der Waals surface area contributed by atoms with Gasteiger partial charge in [0.05, 0.1) is 18.0 Å². The van der Waals surface area contributed by atoms with Crippen molar-refractivity contribution >= 4 is 5.91 Å². The second-order valence-electron chi connectivity index (χ2n) is 5.55. The van der Waals surface area contributed by atoms with E-state index >= 15 is 0 Å². The lowest BCUT2D eigenvalue weighted by Crippen LogP contribution is -2.36. The van der Waals surface area contributed by atoms with E-state index in [2.05, 4.69) is 6.07 Å². The largest absolute Gasteiger partial charge is 0.336 e. The second-order valence-corrected chi connectivity index (χ2v) is 5.55. The average molecular weight is 256 g/mol. The Morgan fingerprint density at radius 2 is 1.89 bits per heavy atom. The molecule has 0 spiro atoms. The van der Waals surface area contributed by atoms with Crippen LogP contribution >= 0.6 is 0 Å². The van der Waals surface area contributed by atoms with E-state index in [4.69, 9.17) is 0 Å². The summed E-state index contributed by atoms with van der Waals surface area (Å²) in [6.07, 6.45) is 4.31. The first-order valence-corrected chi connectivity index (χ1v) is 6.53. The molecule has 2 rings (SSSR count). The Bertz CT molecular complexity index is 370. The third-order valence-electron chi connectivity index (χ3n) is 4.06. The molecule has 0 aromatic rings. The standard InChI is InChI=1S/C13H18F2N2O/c14-13(15)6-7-17(10-13)11(18)8-12(9-16)4-2-1-3-5-12/h1-8,10H2.